The van der Waals surface area contributed by atoms with Gasteiger partial charge in [0.15, 0.2) is 0 Å². The summed E-state index contributed by atoms with van der Waals surface area (Å²) in [6, 6.07) is 2.94. The van der Waals surface area contributed by atoms with Crippen LogP contribution in [0, 0.1) is 11.6 Å². The highest BCUT2D eigenvalue weighted by Crippen LogP contribution is 2.18. The van der Waals surface area contributed by atoms with Gasteiger partial charge in [0.05, 0.1) is 5.56 Å². The predicted molar refractivity (Wildman–Crippen MR) is 82.4 cm³/mol. The van der Waals surface area contributed by atoms with Gasteiger partial charge in [-0.25, -0.2) is 8.78 Å². The molecule has 0 radical (unpaired) electrons. The van der Waals surface area contributed by atoms with E-state index in [4.69, 9.17) is 4.74 Å². The molecule has 0 aromatic heterocycles. The SMILES string of the molecule is O=C(NC1CCN(C(=O)c2ccc(F)cc2F)CC1)C1CCCO1. The first kappa shape index (κ1) is 16.8. The molecule has 5 nitrogen and oxygen atoms in total. The molecule has 1 aromatic rings. The van der Waals surface area contributed by atoms with Crippen LogP contribution in [0.2, 0.25) is 0 Å². The minimum absolute atomic E-state index is 0.0104. The molecule has 7 heteroatoms. The third-order valence-electron chi connectivity index (χ3n) is 4.51. The summed E-state index contributed by atoms with van der Waals surface area (Å²) < 4.78 is 32.0. The van der Waals surface area contributed by atoms with Gasteiger partial charge in [-0.2, -0.15) is 0 Å². The zero-order chi connectivity index (χ0) is 17.1. The van der Waals surface area contributed by atoms with Gasteiger partial charge in [-0.15, -0.1) is 0 Å². The van der Waals surface area contributed by atoms with Gasteiger partial charge in [0, 0.05) is 31.8 Å². The number of rotatable bonds is 3. The molecule has 1 atom stereocenters. The van der Waals surface area contributed by atoms with E-state index in [0.717, 1.165) is 25.0 Å². The number of likely N-dealkylation sites (tertiary alicyclic amines) is 1. The minimum Gasteiger partial charge on any atom is -0.368 e. The van der Waals surface area contributed by atoms with Crippen molar-refractivity contribution in [3.05, 3.63) is 35.4 Å². The average molecular weight is 338 g/mol. The second kappa shape index (κ2) is 7.25. The molecular formula is C17H20F2N2O3. The molecule has 0 bridgehead atoms. The van der Waals surface area contributed by atoms with Crippen LogP contribution in [-0.4, -0.2) is 48.6 Å². The molecule has 0 aliphatic carbocycles. The summed E-state index contributed by atoms with van der Waals surface area (Å²) in [6.45, 7) is 1.46. The molecule has 24 heavy (non-hydrogen) atoms. The molecule has 1 unspecified atom stereocenters. The number of halogens is 2. The van der Waals surface area contributed by atoms with Gasteiger partial charge in [0.2, 0.25) is 5.91 Å². The number of piperidine rings is 1. The Morgan fingerprint density at radius 3 is 2.54 bits per heavy atom. The number of hydrogen-bond donors (Lipinski definition) is 1. The monoisotopic (exact) mass is 338 g/mol. The summed E-state index contributed by atoms with van der Waals surface area (Å²) in [5, 5.41) is 2.95. The van der Waals surface area contributed by atoms with E-state index in [-0.39, 0.29) is 23.6 Å². The predicted octanol–water partition coefficient (Wildman–Crippen LogP) is 1.86. The molecule has 3 rings (SSSR count). The Hall–Kier alpha value is -2.02. The van der Waals surface area contributed by atoms with Crippen molar-refractivity contribution in [2.45, 2.75) is 37.8 Å². The Morgan fingerprint density at radius 2 is 1.92 bits per heavy atom. The molecule has 130 valence electrons. The van der Waals surface area contributed by atoms with E-state index in [9.17, 15) is 18.4 Å². The lowest BCUT2D eigenvalue weighted by molar-refractivity contribution is -0.131. The number of hydrogen-bond acceptors (Lipinski definition) is 3. The summed E-state index contributed by atoms with van der Waals surface area (Å²) >= 11 is 0. The molecule has 2 heterocycles. The molecule has 0 saturated carbocycles. The Bertz CT molecular complexity index is 624. The number of carbonyl (C=O) groups excluding carboxylic acids is 2. The Kier molecular flexibility index (Phi) is 5.08. The molecule has 2 amide bonds. The van der Waals surface area contributed by atoms with Crippen LogP contribution in [0.15, 0.2) is 18.2 Å². The molecule has 2 aliphatic heterocycles. The summed E-state index contributed by atoms with van der Waals surface area (Å²) in [5.41, 5.74) is -0.127. The van der Waals surface area contributed by atoms with E-state index < -0.39 is 17.5 Å². The first-order valence-corrected chi connectivity index (χ1v) is 8.21. The zero-order valence-electron chi connectivity index (χ0n) is 13.3. The van der Waals surface area contributed by atoms with Crippen LogP contribution in [0.5, 0.6) is 0 Å². The van der Waals surface area contributed by atoms with Gasteiger partial charge >= 0.3 is 0 Å². The van der Waals surface area contributed by atoms with Gasteiger partial charge in [-0.3, -0.25) is 9.59 Å². The smallest absolute Gasteiger partial charge is 0.256 e. The van der Waals surface area contributed by atoms with Crippen LogP contribution >= 0.6 is 0 Å². The summed E-state index contributed by atoms with van der Waals surface area (Å²) in [6.07, 6.45) is 2.49. The molecule has 1 N–H and O–H groups in total. The van der Waals surface area contributed by atoms with Crippen molar-refractivity contribution >= 4 is 11.8 Å². The Labute approximate surface area is 139 Å². The van der Waals surface area contributed by atoms with Crippen LogP contribution in [-0.2, 0) is 9.53 Å². The van der Waals surface area contributed by atoms with Crippen molar-refractivity contribution < 1.29 is 23.1 Å². The number of benzene rings is 1. The van der Waals surface area contributed by atoms with Crippen molar-refractivity contribution in [3.8, 4) is 0 Å². The van der Waals surface area contributed by atoms with Crippen molar-refractivity contribution in [2.75, 3.05) is 19.7 Å². The van der Waals surface area contributed by atoms with Crippen molar-refractivity contribution in [1.82, 2.24) is 10.2 Å². The second-order valence-corrected chi connectivity index (χ2v) is 6.20. The molecule has 2 saturated heterocycles. The molecule has 1 aromatic carbocycles. The maximum Gasteiger partial charge on any atom is 0.256 e. The lowest BCUT2D eigenvalue weighted by Crippen LogP contribution is -2.48. The molecule has 0 spiro atoms. The number of nitrogens with one attached hydrogen (secondary N) is 1. The normalized spacial score (nSPS) is 21.8. The van der Waals surface area contributed by atoms with Gasteiger partial charge in [0.25, 0.3) is 5.91 Å². The maximum atomic E-state index is 13.7. The first-order chi connectivity index (χ1) is 11.5. The number of nitrogens with zero attached hydrogens (tertiary/aromatic N) is 1. The fourth-order valence-electron chi connectivity index (χ4n) is 3.14. The topological polar surface area (TPSA) is 58.6 Å². The highest BCUT2D eigenvalue weighted by atomic mass is 19.1. The third-order valence-corrected chi connectivity index (χ3v) is 4.51. The molecule has 2 aliphatic rings. The van der Waals surface area contributed by atoms with Crippen LogP contribution < -0.4 is 5.32 Å². The van der Waals surface area contributed by atoms with E-state index >= 15 is 0 Å². The van der Waals surface area contributed by atoms with Gasteiger partial charge in [-0.1, -0.05) is 0 Å². The van der Waals surface area contributed by atoms with Crippen LogP contribution in [0.1, 0.15) is 36.0 Å². The summed E-state index contributed by atoms with van der Waals surface area (Å²) in [7, 11) is 0. The fraction of sp³-hybridized carbons (Fsp3) is 0.529. The fourth-order valence-corrected chi connectivity index (χ4v) is 3.14. The van der Waals surface area contributed by atoms with Crippen LogP contribution in [0.3, 0.4) is 0 Å². The largest absolute Gasteiger partial charge is 0.368 e. The van der Waals surface area contributed by atoms with Gasteiger partial charge < -0.3 is 15.0 Å². The van der Waals surface area contributed by atoms with E-state index in [1.165, 1.54) is 4.90 Å². The van der Waals surface area contributed by atoms with Crippen LogP contribution in [0.25, 0.3) is 0 Å². The van der Waals surface area contributed by atoms with E-state index in [0.29, 0.717) is 38.6 Å². The van der Waals surface area contributed by atoms with Crippen molar-refractivity contribution in [2.24, 2.45) is 0 Å². The highest BCUT2D eigenvalue weighted by molar-refractivity contribution is 5.94. The Morgan fingerprint density at radius 1 is 1.17 bits per heavy atom. The average Bonchev–Trinajstić information content (AvgIpc) is 3.09. The third kappa shape index (κ3) is 3.72. The van der Waals surface area contributed by atoms with Gasteiger partial charge in [-0.05, 0) is 37.8 Å². The summed E-state index contributed by atoms with van der Waals surface area (Å²) in [4.78, 5) is 25.9. The Balaban J connectivity index is 1.52. The molecule has 2 fully saturated rings. The summed E-state index contributed by atoms with van der Waals surface area (Å²) in [5.74, 6) is -2.10. The number of carbonyl (C=O) groups is 2. The van der Waals surface area contributed by atoms with E-state index in [1.807, 2.05) is 0 Å². The standard InChI is InChI=1S/C17H20F2N2O3/c18-11-3-4-13(14(19)10-11)17(23)21-7-5-12(6-8-21)20-16(22)15-2-1-9-24-15/h3-4,10,12,15H,1-2,5-9H2,(H,20,22). The second-order valence-electron chi connectivity index (χ2n) is 6.20. The van der Waals surface area contributed by atoms with Crippen molar-refractivity contribution in [1.29, 1.82) is 0 Å². The number of ether oxygens (including phenoxy) is 1. The quantitative estimate of drug-likeness (QED) is 0.915. The lowest BCUT2D eigenvalue weighted by Gasteiger charge is -2.33. The highest BCUT2D eigenvalue weighted by Gasteiger charge is 2.29. The van der Waals surface area contributed by atoms with E-state index in [1.54, 1.807) is 0 Å². The van der Waals surface area contributed by atoms with Gasteiger partial charge in [0.1, 0.15) is 17.7 Å². The number of amides is 2. The first-order valence-electron chi connectivity index (χ1n) is 8.21. The van der Waals surface area contributed by atoms with E-state index in [2.05, 4.69) is 5.32 Å². The maximum absolute atomic E-state index is 13.7. The molecular weight excluding hydrogens is 318 g/mol. The van der Waals surface area contributed by atoms with Crippen molar-refractivity contribution in [3.63, 3.8) is 0 Å². The zero-order valence-corrected chi connectivity index (χ0v) is 13.3. The van der Waals surface area contributed by atoms with Crippen LogP contribution in [0.4, 0.5) is 8.78 Å². The minimum atomic E-state index is -0.853. The lowest BCUT2D eigenvalue weighted by atomic mass is 10.0.